The van der Waals surface area contributed by atoms with Crippen LogP contribution in [0.5, 0.6) is 0 Å². The quantitative estimate of drug-likeness (QED) is 0.443. The van der Waals surface area contributed by atoms with Crippen LogP contribution in [0.4, 0.5) is 0 Å². The molecule has 0 aromatic rings. The summed E-state index contributed by atoms with van der Waals surface area (Å²) in [5.74, 6) is 0. The van der Waals surface area contributed by atoms with Crippen LogP contribution >= 0.6 is 0 Å². The van der Waals surface area contributed by atoms with E-state index in [0.717, 1.165) is 19.7 Å². The Balaban J connectivity index is 2.86. The summed E-state index contributed by atoms with van der Waals surface area (Å²) in [6, 6.07) is 0. The minimum Gasteiger partial charge on any atom is -0.394 e. The van der Waals surface area contributed by atoms with Gasteiger partial charge in [-0.1, -0.05) is 39.0 Å². The third kappa shape index (κ3) is 15.8. The minimum absolute atomic E-state index is 0.0831. The van der Waals surface area contributed by atoms with Crippen molar-refractivity contribution >= 4 is 0 Å². The second kappa shape index (κ2) is 16.8. The first-order valence-corrected chi connectivity index (χ1v) is 7.39. The topological polar surface area (TPSA) is 50.7 Å². The van der Waals surface area contributed by atoms with Crippen LogP contribution in [0.3, 0.4) is 0 Å². The number of aliphatic hydroxyl groups is 1. The molecule has 0 heterocycles. The van der Waals surface area contributed by atoms with Gasteiger partial charge in [0.05, 0.1) is 33.0 Å². The summed E-state index contributed by atoms with van der Waals surface area (Å²) >= 11 is 0. The van der Waals surface area contributed by atoms with E-state index in [1.54, 1.807) is 0 Å². The molecule has 4 nitrogen and oxygen atoms in total. The zero-order chi connectivity index (χ0) is 13.3. The highest BCUT2D eigenvalue weighted by Gasteiger charge is 1.92. The lowest BCUT2D eigenvalue weighted by Gasteiger charge is -2.06. The molecule has 0 aromatic heterocycles. The van der Waals surface area contributed by atoms with E-state index in [9.17, 15) is 0 Å². The first-order chi connectivity index (χ1) is 8.91. The monoisotopic (exact) mass is 261 g/mol. The predicted octanol–water partition coefficient (Wildman–Crippen LogP) is 1.96. The molecule has 0 unspecified atom stereocenters. The lowest BCUT2D eigenvalue weighted by molar-refractivity contribution is 0.0340. The van der Waals surface area contributed by atoms with Gasteiger partial charge in [-0.2, -0.15) is 0 Å². The van der Waals surface area contributed by atoms with Crippen molar-refractivity contribution in [2.45, 2.75) is 45.4 Å². The van der Waals surface area contributed by atoms with Crippen LogP contribution in [0.1, 0.15) is 45.4 Å². The Bertz CT molecular complexity index is 129. The first-order valence-electron chi connectivity index (χ1n) is 7.39. The Morgan fingerprint density at radius 3 is 2.17 bits per heavy atom. The van der Waals surface area contributed by atoms with Crippen molar-refractivity contribution in [1.29, 1.82) is 0 Å². The molecule has 0 radical (unpaired) electrons. The number of ether oxygens (including phenoxy) is 2. The molecule has 0 atom stereocenters. The smallest absolute Gasteiger partial charge is 0.0701 e. The van der Waals surface area contributed by atoms with Crippen LogP contribution in [0.2, 0.25) is 0 Å². The molecule has 0 rings (SSSR count). The van der Waals surface area contributed by atoms with Gasteiger partial charge in [0.1, 0.15) is 0 Å². The molecule has 0 aliphatic heterocycles. The molecule has 0 aromatic carbocycles. The van der Waals surface area contributed by atoms with Gasteiger partial charge in [0, 0.05) is 6.54 Å². The van der Waals surface area contributed by atoms with Crippen LogP contribution < -0.4 is 5.32 Å². The van der Waals surface area contributed by atoms with Crippen LogP contribution in [-0.4, -0.2) is 51.2 Å². The summed E-state index contributed by atoms with van der Waals surface area (Å²) in [7, 11) is 0. The molecular weight excluding hydrogens is 230 g/mol. The molecule has 2 N–H and O–H groups in total. The molecule has 0 amide bonds. The number of aliphatic hydroxyl groups excluding tert-OH is 1. The van der Waals surface area contributed by atoms with Gasteiger partial charge in [-0.15, -0.1) is 0 Å². The van der Waals surface area contributed by atoms with Crippen LogP contribution in [-0.2, 0) is 9.47 Å². The van der Waals surface area contributed by atoms with Gasteiger partial charge < -0.3 is 19.9 Å². The van der Waals surface area contributed by atoms with Gasteiger partial charge in [0.2, 0.25) is 0 Å². The van der Waals surface area contributed by atoms with Crippen molar-refractivity contribution < 1.29 is 14.6 Å². The molecule has 0 aliphatic rings. The van der Waals surface area contributed by atoms with E-state index >= 15 is 0 Å². The number of nitrogens with one attached hydrogen (secondary N) is 1. The highest BCUT2D eigenvalue weighted by molar-refractivity contribution is 4.49. The van der Waals surface area contributed by atoms with Gasteiger partial charge >= 0.3 is 0 Å². The summed E-state index contributed by atoms with van der Waals surface area (Å²) in [4.78, 5) is 0. The summed E-state index contributed by atoms with van der Waals surface area (Å²) in [5.41, 5.74) is 0. The van der Waals surface area contributed by atoms with Crippen LogP contribution in [0.25, 0.3) is 0 Å². The molecular formula is C14H31NO3. The normalized spacial score (nSPS) is 11.0. The van der Waals surface area contributed by atoms with Crippen LogP contribution in [0, 0.1) is 0 Å². The Kier molecular flexibility index (Phi) is 16.7. The fourth-order valence-electron chi connectivity index (χ4n) is 1.69. The average Bonchev–Trinajstić information content (AvgIpc) is 2.39. The maximum absolute atomic E-state index is 8.48. The highest BCUT2D eigenvalue weighted by Crippen LogP contribution is 2.03. The average molecular weight is 261 g/mol. The second-order valence-corrected chi connectivity index (χ2v) is 4.47. The minimum atomic E-state index is 0.0831. The molecule has 0 bridgehead atoms. The van der Waals surface area contributed by atoms with Gasteiger partial charge in [0.25, 0.3) is 0 Å². The lowest BCUT2D eigenvalue weighted by Crippen LogP contribution is -2.21. The Morgan fingerprint density at radius 2 is 1.44 bits per heavy atom. The molecule has 0 saturated heterocycles. The second-order valence-electron chi connectivity index (χ2n) is 4.47. The summed E-state index contributed by atoms with van der Waals surface area (Å²) < 4.78 is 10.4. The molecule has 0 aliphatic carbocycles. The Hall–Kier alpha value is -0.160. The van der Waals surface area contributed by atoms with E-state index < -0.39 is 0 Å². The van der Waals surface area contributed by atoms with Crippen molar-refractivity contribution in [2.75, 3.05) is 46.1 Å². The third-order valence-electron chi connectivity index (χ3n) is 2.74. The lowest BCUT2D eigenvalue weighted by atomic mass is 10.1. The largest absolute Gasteiger partial charge is 0.394 e. The van der Waals surface area contributed by atoms with Gasteiger partial charge in [-0.05, 0) is 13.0 Å². The molecule has 0 spiro atoms. The molecule has 4 heteroatoms. The van der Waals surface area contributed by atoms with Crippen LogP contribution in [0.15, 0.2) is 0 Å². The number of hydrogen-bond donors (Lipinski definition) is 2. The van der Waals surface area contributed by atoms with Crippen molar-refractivity contribution in [3.8, 4) is 0 Å². The van der Waals surface area contributed by atoms with E-state index in [1.165, 1.54) is 38.5 Å². The van der Waals surface area contributed by atoms with E-state index in [-0.39, 0.29) is 6.61 Å². The maximum atomic E-state index is 8.48. The fourth-order valence-corrected chi connectivity index (χ4v) is 1.69. The summed E-state index contributed by atoms with van der Waals surface area (Å²) in [6.07, 6.45) is 8.05. The predicted molar refractivity (Wildman–Crippen MR) is 75.0 cm³/mol. The van der Waals surface area contributed by atoms with E-state index in [1.807, 2.05) is 0 Å². The van der Waals surface area contributed by atoms with Crippen molar-refractivity contribution in [1.82, 2.24) is 5.32 Å². The van der Waals surface area contributed by atoms with Crippen molar-refractivity contribution in [3.05, 3.63) is 0 Å². The Labute approximate surface area is 112 Å². The van der Waals surface area contributed by atoms with Gasteiger partial charge in [-0.25, -0.2) is 0 Å². The molecule has 18 heavy (non-hydrogen) atoms. The van der Waals surface area contributed by atoms with Crippen molar-refractivity contribution in [3.63, 3.8) is 0 Å². The zero-order valence-corrected chi connectivity index (χ0v) is 12.0. The van der Waals surface area contributed by atoms with E-state index in [2.05, 4.69) is 12.2 Å². The summed E-state index contributed by atoms with van der Waals surface area (Å²) in [6.45, 7) is 6.65. The van der Waals surface area contributed by atoms with Gasteiger partial charge in [0.15, 0.2) is 0 Å². The number of unbranched alkanes of at least 4 members (excludes halogenated alkanes) is 5. The van der Waals surface area contributed by atoms with Gasteiger partial charge in [-0.3, -0.25) is 0 Å². The standard InChI is InChI=1S/C14H31NO3/c1-2-3-4-5-6-7-8-15-9-11-17-13-14-18-12-10-16/h15-16H,2-14H2,1H3. The molecule has 0 saturated carbocycles. The third-order valence-corrected chi connectivity index (χ3v) is 2.74. The number of rotatable bonds is 15. The van der Waals surface area contributed by atoms with Crippen molar-refractivity contribution in [2.24, 2.45) is 0 Å². The SMILES string of the molecule is CCCCCCCCNCCOCCOCCO. The zero-order valence-electron chi connectivity index (χ0n) is 12.0. The fraction of sp³-hybridized carbons (Fsp3) is 1.00. The summed E-state index contributed by atoms with van der Waals surface area (Å²) in [5, 5.41) is 11.9. The highest BCUT2D eigenvalue weighted by atomic mass is 16.5. The first kappa shape index (κ1) is 17.8. The Morgan fingerprint density at radius 1 is 0.778 bits per heavy atom. The molecule has 0 fully saturated rings. The maximum Gasteiger partial charge on any atom is 0.0701 e. The van der Waals surface area contributed by atoms with E-state index in [0.29, 0.717) is 19.8 Å². The number of hydrogen-bond acceptors (Lipinski definition) is 4. The van der Waals surface area contributed by atoms with E-state index in [4.69, 9.17) is 14.6 Å². The molecule has 110 valence electrons.